The van der Waals surface area contributed by atoms with Crippen molar-refractivity contribution in [3.63, 3.8) is 0 Å². The van der Waals surface area contributed by atoms with Gasteiger partial charge in [-0.1, -0.05) is 24.6 Å². The minimum absolute atomic E-state index is 0.0487. The lowest BCUT2D eigenvalue weighted by atomic mass is 9.84. The zero-order valence-corrected chi connectivity index (χ0v) is 13.6. The molecule has 3 rings (SSSR count). The lowest BCUT2D eigenvalue weighted by molar-refractivity contribution is 0.137. The highest BCUT2D eigenvalue weighted by molar-refractivity contribution is 8.00. The maximum absolute atomic E-state index is 6.13. The van der Waals surface area contributed by atoms with E-state index < -0.39 is 0 Å². The van der Waals surface area contributed by atoms with Crippen LogP contribution in [0.1, 0.15) is 44.2 Å². The molecule has 3 heteroatoms. The second kappa shape index (κ2) is 5.27. The Balaban J connectivity index is 1.63. The van der Waals surface area contributed by atoms with Gasteiger partial charge in [0.15, 0.2) is 0 Å². The molecule has 1 aromatic carbocycles. The molecule has 1 aliphatic carbocycles. The molecule has 20 heavy (non-hydrogen) atoms. The molecule has 1 heterocycles. The number of rotatable bonds is 5. The largest absolute Gasteiger partial charge is 0.487 e. The fourth-order valence-electron chi connectivity index (χ4n) is 3.27. The molecular weight excluding hydrogens is 266 g/mol. The molecule has 110 valence electrons. The van der Waals surface area contributed by atoms with E-state index in [0.717, 1.165) is 25.3 Å². The first-order valence-electron chi connectivity index (χ1n) is 7.59. The molecule has 1 N–H and O–H groups in total. The third kappa shape index (κ3) is 2.71. The van der Waals surface area contributed by atoms with E-state index in [1.807, 2.05) is 11.8 Å². The fourth-order valence-corrected chi connectivity index (χ4v) is 4.21. The van der Waals surface area contributed by atoms with Crippen LogP contribution in [0, 0.1) is 0 Å². The number of hydrogen-bond donors (Lipinski definition) is 1. The Labute approximate surface area is 126 Å². The topological polar surface area (TPSA) is 21.3 Å². The van der Waals surface area contributed by atoms with Crippen molar-refractivity contribution in [3.8, 4) is 5.75 Å². The van der Waals surface area contributed by atoms with E-state index in [1.165, 1.54) is 30.4 Å². The molecule has 0 unspecified atom stereocenters. The number of nitrogens with one attached hydrogen (secondary N) is 1. The maximum Gasteiger partial charge on any atom is 0.127 e. The van der Waals surface area contributed by atoms with Gasteiger partial charge >= 0.3 is 0 Å². The van der Waals surface area contributed by atoms with Crippen molar-refractivity contribution in [2.24, 2.45) is 0 Å². The van der Waals surface area contributed by atoms with Gasteiger partial charge in [0.2, 0.25) is 0 Å². The number of fused-ring (bicyclic) bond motifs is 1. The highest BCUT2D eigenvalue weighted by Gasteiger charge is 2.36. The molecule has 2 aliphatic rings. The Morgan fingerprint density at radius 2 is 2.10 bits per heavy atom. The predicted molar refractivity (Wildman–Crippen MR) is 86.7 cm³/mol. The van der Waals surface area contributed by atoms with Crippen LogP contribution in [0.4, 0.5) is 0 Å². The summed E-state index contributed by atoms with van der Waals surface area (Å²) in [5, 5.41) is 3.65. The van der Waals surface area contributed by atoms with Crippen LogP contribution >= 0.6 is 11.8 Å². The van der Waals surface area contributed by atoms with Crippen LogP contribution in [0.2, 0.25) is 0 Å². The summed E-state index contributed by atoms with van der Waals surface area (Å²) in [6.07, 6.45) is 7.37. The van der Waals surface area contributed by atoms with Crippen LogP contribution in [0.25, 0.3) is 0 Å². The van der Waals surface area contributed by atoms with Crippen molar-refractivity contribution in [1.82, 2.24) is 5.32 Å². The third-order valence-electron chi connectivity index (χ3n) is 4.63. The van der Waals surface area contributed by atoms with Gasteiger partial charge in [-0.25, -0.2) is 0 Å². The zero-order chi connectivity index (χ0) is 14.2. The predicted octanol–water partition coefficient (Wildman–Crippen LogP) is 3.78. The highest BCUT2D eigenvalue weighted by atomic mass is 32.2. The smallest absolute Gasteiger partial charge is 0.127 e. The van der Waals surface area contributed by atoms with Gasteiger partial charge in [0, 0.05) is 29.8 Å². The molecule has 0 amide bonds. The third-order valence-corrected chi connectivity index (χ3v) is 6.05. The van der Waals surface area contributed by atoms with Crippen LogP contribution in [-0.4, -0.2) is 23.1 Å². The van der Waals surface area contributed by atoms with Gasteiger partial charge < -0.3 is 10.1 Å². The van der Waals surface area contributed by atoms with Gasteiger partial charge in [0.1, 0.15) is 11.4 Å². The van der Waals surface area contributed by atoms with Crippen molar-refractivity contribution >= 4 is 11.8 Å². The van der Waals surface area contributed by atoms with Crippen molar-refractivity contribution in [2.45, 2.75) is 56.4 Å². The van der Waals surface area contributed by atoms with Crippen molar-refractivity contribution in [3.05, 3.63) is 29.3 Å². The number of hydrogen-bond acceptors (Lipinski definition) is 3. The lowest BCUT2D eigenvalue weighted by Gasteiger charge is -2.40. The number of benzene rings is 1. The second-order valence-electron chi connectivity index (χ2n) is 6.79. The monoisotopic (exact) mass is 291 g/mol. The summed E-state index contributed by atoms with van der Waals surface area (Å²) in [4.78, 5) is 0. The number of ether oxygens (including phenoxy) is 1. The highest BCUT2D eigenvalue weighted by Crippen LogP contribution is 2.42. The summed E-state index contributed by atoms with van der Waals surface area (Å²) in [6, 6.07) is 6.55. The van der Waals surface area contributed by atoms with Gasteiger partial charge in [-0.2, -0.15) is 11.8 Å². The molecule has 1 aromatic rings. The van der Waals surface area contributed by atoms with E-state index in [-0.39, 0.29) is 5.60 Å². The first-order chi connectivity index (χ1) is 9.54. The van der Waals surface area contributed by atoms with Gasteiger partial charge in [-0.3, -0.25) is 0 Å². The molecular formula is C17H25NOS. The normalized spacial score (nSPS) is 21.9. The number of thioether (sulfide) groups is 1. The molecule has 2 nitrogen and oxygen atoms in total. The summed E-state index contributed by atoms with van der Waals surface area (Å²) in [5.41, 5.74) is 2.62. The summed E-state index contributed by atoms with van der Waals surface area (Å²) in [5.74, 6) is 1.12. The fraction of sp³-hybridized carbons (Fsp3) is 0.647. The van der Waals surface area contributed by atoms with E-state index in [9.17, 15) is 0 Å². The van der Waals surface area contributed by atoms with E-state index in [2.05, 4.69) is 43.6 Å². The molecule has 0 spiro atoms. The van der Waals surface area contributed by atoms with Crippen LogP contribution in [0.3, 0.4) is 0 Å². The Bertz CT molecular complexity index is 488. The molecule has 0 saturated heterocycles. The second-order valence-corrected chi connectivity index (χ2v) is 8.06. The van der Waals surface area contributed by atoms with Crippen LogP contribution in [0.5, 0.6) is 5.75 Å². The van der Waals surface area contributed by atoms with Gasteiger partial charge in [-0.15, -0.1) is 0 Å². The molecule has 0 aromatic heterocycles. The Kier molecular flexibility index (Phi) is 3.76. The zero-order valence-electron chi connectivity index (χ0n) is 12.8. The Hall–Kier alpha value is -0.670. The molecule has 1 saturated carbocycles. The van der Waals surface area contributed by atoms with Gasteiger partial charge in [0.05, 0.1) is 0 Å². The van der Waals surface area contributed by atoms with Gasteiger partial charge in [0.25, 0.3) is 0 Å². The average molecular weight is 291 g/mol. The Morgan fingerprint density at radius 3 is 2.75 bits per heavy atom. The summed E-state index contributed by atoms with van der Waals surface area (Å²) in [6.45, 7) is 6.37. The van der Waals surface area contributed by atoms with Crippen LogP contribution in [-0.2, 0) is 13.0 Å². The molecule has 1 aliphatic heterocycles. The lowest BCUT2D eigenvalue weighted by Crippen LogP contribution is -2.43. The summed E-state index contributed by atoms with van der Waals surface area (Å²) >= 11 is 2.03. The average Bonchev–Trinajstić information content (AvgIpc) is 2.67. The van der Waals surface area contributed by atoms with Crippen molar-refractivity contribution < 1.29 is 4.74 Å². The van der Waals surface area contributed by atoms with E-state index >= 15 is 0 Å². The quantitative estimate of drug-likeness (QED) is 0.892. The van der Waals surface area contributed by atoms with Crippen molar-refractivity contribution in [2.75, 3.05) is 12.8 Å². The molecule has 1 fully saturated rings. The molecule has 0 radical (unpaired) electrons. The first kappa shape index (κ1) is 14.3. The maximum atomic E-state index is 6.13. The summed E-state index contributed by atoms with van der Waals surface area (Å²) in [7, 11) is 0. The minimum atomic E-state index is -0.0487. The van der Waals surface area contributed by atoms with Gasteiger partial charge in [-0.05, 0) is 38.5 Å². The number of para-hydroxylation sites is 1. The van der Waals surface area contributed by atoms with E-state index in [4.69, 9.17) is 4.74 Å². The van der Waals surface area contributed by atoms with Crippen LogP contribution < -0.4 is 10.1 Å². The Morgan fingerprint density at radius 1 is 1.30 bits per heavy atom. The van der Waals surface area contributed by atoms with E-state index in [1.54, 1.807) is 0 Å². The van der Waals surface area contributed by atoms with Crippen molar-refractivity contribution in [1.29, 1.82) is 0 Å². The standard InChI is InChI=1S/C17H25NOS/c1-16(2)10-13-6-4-7-14(15(13)19-16)11-18-12-17(20-3)8-5-9-17/h4,6-7,18H,5,8-12H2,1-3H3. The van der Waals surface area contributed by atoms with E-state index in [0.29, 0.717) is 4.75 Å². The summed E-state index contributed by atoms with van der Waals surface area (Å²) < 4.78 is 6.63. The minimum Gasteiger partial charge on any atom is -0.487 e. The molecule has 0 atom stereocenters. The molecule has 0 bridgehead atoms. The van der Waals surface area contributed by atoms with Crippen LogP contribution in [0.15, 0.2) is 18.2 Å². The first-order valence-corrected chi connectivity index (χ1v) is 8.82. The SMILES string of the molecule is CSC1(CNCc2cccc3c2OC(C)(C)C3)CCC1.